The van der Waals surface area contributed by atoms with Crippen LogP contribution < -0.4 is 5.73 Å². The van der Waals surface area contributed by atoms with Crippen molar-refractivity contribution >= 4 is 11.6 Å². The SMILES string of the molecule is CC(C)c1cc(Cl)c(F)c(C2(CN)CCCCC2)c1. The number of nitrogens with two attached hydrogens (primary N) is 1. The molecule has 1 aliphatic rings. The van der Waals surface area contributed by atoms with E-state index in [0.29, 0.717) is 12.5 Å². The topological polar surface area (TPSA) is 26.0 Å². The summed E-state index contributed by atoms with van der Waals surface area (Å²) in [5.41, 5.74) is 7.63. The first-order valence-electron chi connectivity index (χ1n) is 7.19. The maximum atomic E-state index is 14.5. The second kappa shape index (κ2) is 5.80. The lowest BCUT2D eigenvalue weighted by Crippen LogP contribution is -2.38. The van der Waals surface area contributed by atoms with E-state index in [-0.39, 0.29) is 16.3 Å². The van der Waals surface area contributed by atoms with Gasteiger partial charge in [-0.1, -0.05) is 50.8 Å². The third-order valence-corrected chi connectivity index (χ3v) is 4.76. The molecule has 0 aromatic heterocycles. The average molecular weight is 284 g/mol. The van der Waals surface area contributed by atoms with E-state index >= 15 is 0 Å². The van der Waals surface area contributed by atoms with Gasteiger partial charge in [0.1, 0.15) is 5.82 Å². The predicted molar refractivity (Wildman–Crippen MR) is 79.3 cm³/mol. The standard InChI is InChI=1S/C16H23ClFN/c1-11(2)12-8-13(15(18)14(17)9-12)16(10-19)6-4-3-5-7-16/h8-9,11H,3-7,10,19H2,1-2H3. The van der Waals surface area contributed by atoms with Crippen LogP contribution in [0.2, 0.25) is 5.02 Å². The Kier molecular flexibility index (Phi) is 4.52. The molecule has 2 N–H and O–H groups in total. The fourth-order valence-electron chi connectivity index (χ4n) is 3.14. The zero-order valence-electron chi connectivity index (χ0n) is 11.8. The molecule has 1 saturated carbocycles. The highest BCUT2D eigenvalue weighted by Gasteiger charge is 2.35. The summed E-state index contributed by atoms with van der Waals surface area (Å²) in [4.78, 5) is 0. The van der Waals surface area contributed by atoms with Crippen molar-refractivity contribution < 1.29 is 4.39 Å². The number of rotatable bonds is 3. The third kappa shape index (κ3) is 2.80. The minimum Gasteiger partial charge on any atom is -0.330 e. The molecule has 1 nitrogen and oxygen atoms in total. The summed E-state index contributed by atoms with van der Waals surface area (Å²) in [5.74, 6) is 0.0775. The van der Waals surface area contributed by atoms with Crippen molar-refractivity contribution in [2.75, 3.05) is 6.54 Å². The van der Waals surface area contributed by atoms with Crippen molar-refractivity contribution in [2.45, 2.75) is 57.3 Å². The second-order valence-corrected chi connectivity index (χ2v) is 6.47. The van der Waals surface area contributed by atoms with E-state index in [2.05, 4.69) is 13.8 Å². The van der Waals surface area contributed by atoms with Crippen molar-refractivity contribution in [3.63, 3.8) is 0 Å². The van der Waals surface area contributed by atoms with Gasteiger partial charge in [-0.3, -0.25) is 0 Å². The first-order valence-corrected chi connectivity index (χ1v) is 7.57. The second-order valence-electron chi connectivity index (χ2n) is 6.06. The molecule has 0 spiro atoms. The number of benzene rings is 1. The number of hydrogen-bond donors (Lipinski definition) is 1. The lowest BCUT2D eigenvalue weighted by atomic mass is 9.69. The molecule has 1 aliphatic carbocycles. The molecular weight excluding hydrogens is 261 g/mol. The van der Waals surface area contributed by atoms with E-state index in [1.165, 1.54) is 6.42 Å². The highest BCUT2D eigenvalue weighted by molar-refractivity contribution is 6.30. The van der Waals surface area contributed by atoms with Gasteiger partial charge in [-0.25, -0.2) is 4.39 Å². The molecule has 1 aromatic rings. The van der Waals surface area contributed by atoms with E-state index in [9.17, 15) is 4.39 Å². The van der Waals surface area contributed by atoms with Crippen molar-refractivity contribution in [2.24, 2.45) is 5.73 Å². The summed E-state index contributed by atoms with van der Waals surface area (Å²) in [5, 5.41) is 0.236. The average Bonchev–Trinajstić information content (AvgIpc) is 2.42. The Labute approximate surface area is 120 Å². The Balaban J connectivity index is 2.52. The number of hydrogen-bond acceptors (Lipinski definition) is 1. The van der Waals surface area contributed by atoms with Gasteiger partial charge in [-0.05, 0) is 36.0 Å². The van der Waals surface area contributed by atoms with Crippen molar-refractivity contribution in [1.29, 1.82) is 0 Å². The summed E-state index contributed by atoms with van der Waals surface area (Å²) in [6.07, 6.45) is 5.41. The van der Waals surface area contributed by atoms with Gasteiger partial charge in [0.25, 0.3) is 0 Å². The van der Waals surface area contributed by atoms with Crippen LogP contribution in [0.4, 0.5) is 4.39 Å². The van der Waals surface area contributed by atoms with E-state index in [0.717, 1.165) is 36.8 Å². The molecule has 0 unspecified atom stereocenters. The van der Waals surface area contributed by atoms with Gasteiger partial charge < -0.3 is 5.73 Å². The van der Waals surface area contributed by atoms with Crippen LogP contribution >= 0.6 is 11.6 Å². The summed E-state index contributed by atoms with van der Waals surface area (Å²) in [6.45, 7) is 4.70. The van der Waals surface area contributed by atoms with Crippen LogP contribution in [0.1, 0.15) is 63.0 Å². The van der Waals surface area contributed by atoms with Crippen molar-refractivity contribution in [3.8, 4) is 0 Å². The van der Waals surface area contributed by atoms with Crippen LogP contribution in [-0.4, -0.2) is 6.54 Å². The molecule has 1 aromatic carbocycles. The molecule has 0 heterocycles. The van der Waals surface area contributed by atoms with Crippen LogP contribution in [-0.2, 0) is 5.41 Å². The monoisotopic (exact) mass is 283 g/mol. The van der Waals surface area contributed by atoms with Gasteiger partial charge in [-0.2, -0.15) is 0 Å². The molecule has 19 heavy (non-hydrogen) atoms. The molecule has 0 aliphatic heterocycles. The van der Waals surface area contributed by atoms with Crippen LogP contribution in [0.25, 0.3) is 0 Å². The Morgan fingerprint density at radius 2 is 1.89 bits per heavy atom. The Morgan fingerprint density at radius 3 is 2.42 bits per heavy atom. The fraction of sp³-hybridized carbons (Fsp3) is 0.625. The molecule has 3 heteroatoms. The Bertz CT molecular complexity index is 450. The van der Waals surface area contributed by atoms with Gasteiger partial charge in [0.05, 0.1) is 5.02 Å². The molecule has 0 amide bonds. The summed E-state index contributed by atoms with van der Waals surface area (Å²) >= 11 is 6.09. The summed E-state index contributed by atoms with van der Waals surface area (Å²) < 4.78 is 14.5. The minimum absolute atomic E-state index is 0.211. The van der Waals surface area contributed by atoms with Crippen LogP contribution in [0.15, 0.2) is 12.1 Å². The molecule has 2 rings (SSSR count). The molecule has 1 fully saturated rings. The van der Waals surface area contributed by atoms with E-state index in [4.69, 9.17) is 17.3 Å². The van der Waals surface area contributed by atoms with E-state index < -0.39 is 0 Å². The fourth-order valence-corrected chi connectivity index (χ4v) is 3.37. The highest BCUT2D eigenvalue weighted by Crippen LogP contribution is 2.42. The normalized spacial score (nSPS) is 18.8. The van der Waals surface area contributed by atoms with Gasteiger partial charge in [-0.15, -0.1) is 0 Å². The Morgan fingerprint density at radius 1 is 1.26 bits per heavy atom. The molecule has 0 bridgehead atoms. The largest absolute Gasteiger partial charge is 0.330 e. The summed E-state index contributed by atoms with van der Waals surface area (Å²) in [7, 11) is 0. The van der Waals surface area contributed by atoms with Gasteiger partial charge >= 0.3 is 0 Å². The third-order valence-electron chi connectivity index (χ3n) is 4.49. The first-order chi connectivity index (χ1) is 9.00. The zero-order valence-corrected chi connectivity index (χ0v) is 12.6. The van der Waals surface area contributed by atoms with Crippen LogP contribution in [0, 0.1) is 5.82 Å². The maximum Gasteiger partial charge on any atom is 0.145 e. The quantitative estimate of drug-likeness (QED) is 0.850. The summed E-state index contributed by atoms with van der Waals surface area (Å²) in [6, 6.07) is 3.74. The zero-order chi connectivity index (χ0) is 14.0. The van der Waals surface area contributed by atoms with E-state index in [1.807, 2.05) is 6.07 Å². The smallest absolute Gasteiger partial charge is 0.145 e. The molecule has 0 saturated heterocycles. The van der Waals surface area contributed by atoms with E-state index in [1.54, 1.807) is 6.07 Å². The molecule has 0 radical (unpaired) electrons. The highest BCUT2D eigenvalue weighted by atomic mass is 35.5. The molecule has 106 valence electrons. The lowest BCUT2D eigenvalue weighted by molar-refractivity contribution is 0.291. The van der Waals surface area contributed by atoms with Crippen molar-refractivity contribution in [1.82, 2.24) is 0 Å². The van der Waals surface area contributed by atoms with Gasteiger partial charge in [0.15, 0.2) is 0 Å². The van der Waals surface area contributed by atoms with Crippen LogP contribution in [0.5, 0.6) is 0 Å². The first kappa shape index (κ1) is 14.8. The predicted octanol–water partition coefficient (Wildman–Crippen LogP) is 4.76. The number of halogens is 2. The van der Waals surface area contributed by atoms with Crippen LogP contribution in [0.3, 0.4) is 0 Å². The lowest BCUT2D eigenvalue weighted by Gasteiger charge is -2.37. The minimum atomic E-state index is -0.265. The maximum absolute atomic E-state index is 14.5. The Hall–Kier alpha value is -0.600. The molecule has 0 atom stereocenters. The van der Waals surface area contributed by atoms with Gasteiger partial charge in [0.2, 0.25) is 0 Å². The molecular formula is C16H23ClFN. The van der Waals surface area contributed by atoms with Crippen molar-refractivity contribution in [3.05, 3.63) is 34.1 Å². The van der Waals surface area contributed by atoms with Gasteiger partial charge in [0, 0.05) is 12.0 Å².